The van der Waals surface area contributed by atoms with Crippen LogP contribution >= 0.6 is 0 Å². The van der Waals surface area contributed by atoms with Crippen LogP contribution in [-0.4, -0.2) is 11.7 Å². The van der Waals surface area contributed by atoms with Crippen molar-refractivity contribution in [3.05, 3.63) is 59.4 Å². The Hall–Kier alpha value is -2.07. The molecule has 0 heterocycles. The number of phenolic OH excluding ortho intramolecular Hbond substituents is 1. The topological polar surface area (TPSA) is 41.5 Å². The Morgan fingerprint density at radius 3 is 2.80 bits per heavy atom. The van der Waals surface area contributed by atoms with Gasteiger partial charge >= 0.3 is 0 Å². The van der Waals surface area contributed by atoms with Crippen LogP contribution in [0.15, 0.2) is 42.5 Å². The van der Waals surface area contributed by atoms with Gasteiger partial charge in [0.25, 0.3) is 0 Å². The Bertz CT molecular complexity index is 572. The van der Waals surface area contributed by atoms with Crippen LogP contribution in [0.2, 0.25) is 0 Å². The van der Waals surface area contributed by atoms with Gasteiger partial charge in [-0.2, -0.15) is 0 Å². The smallest absolute Gasteiger partial charge is 0.124 e. The van der Waals surface area contributed by atoms with Crippen molar-refractivity contribution in [2.75, 3.05) is 6.54 Å². The molecule has 2 N–H and O–H groups in total. The molecule has 0 aliphatic rings. The zero-order valence-corrected chi connectivity index (χ0v) is 11.4. The van der Waals surface area contributed by atoms with Gasteiger partial charge in [0.2, 0.25) is 0 Å². The molecule has 2 aromatic rings. The van der Waals surface area contributed by atoms with E-state index >= 15 is 0 Å². The Morgan fingerprint density at radius 2 is 2.05 bits per heavy atom. The summed E-state index contributed by atoms with van der Waals surface area (Å²) in [6.07, 6.45) is 0. The number of ether oxygens (including phenoxy) is 1. The maximum Gasteiger partial charge on any atom is 0.124 e. The second-order valence-electron chi connectivity index (χ2n) is 4.49. The predicted octanol–water partition coefficient (Wildman–Crippen LogP) is 3.22. The van der Waals surface area contributed by atoms with Crippen LogP contribution in [0, 0.1) is 5.82 Å². The summed E-state index contributed by atoms with van der Waals surface area (Å²) in [4.78, 5) is 0. The lowest BCUT2D eigenvalue weighted by molar-refractivity contribution is 0.301. The highest BCUT2D eigenvalue weighted by atomic mass is 19.1. The zero-order chi connectivity index (χ0) is 14.4. The van der Waals surface area contributed by atoms with Crippen LogP contribution in [-0.2, 0) is 13.2 Å². The van der Waals surface area contributed by atoms with E-state index in [1.807, 2.05) is 13.0 Å². The van der Waals surface area contributed by atoms with Crippen LogP contribution in [0.1, 0.15) is 18.1 Å². The van der Waals surface area contributed by atoms with E-state index in [4.69, 9.17) is 4.74 Å². The average Bonchev–Trinajstić information content (AvgIpc) is 2.44. The van der Waals surface area contributed by atoms with Crippen molar-refractivity contribution >= 4 is 0 Å². The Kier molecular flexibility index (Phi) is 4.96. The molecule has 2 aromatic carbocycles. The largest absolute Gasteiger partial charge is 0.508 e. The number of rotatable bonds is 6. The van der Waals surface area contributed by atoms with Gasteiger partial charge in [0, 0.05) is 12.1 Å². The lowest BCUT2D eigenvalue weighted by Gasteiger charge is -2.12. The van der Waals surface area contributed by atoms with Crippen molar-refractivity contribution in [3.8, 4) is 11.5 Å². The maximum atomic E-state index is 13.3. The van der Waals surface area contributed by atoms with Gasteiger partial charge in [-0.1, -0.05) is 19.1 Å². The van der Waals surface area contributed by atoms with Crippen LogP contribution in [0.5, 0.6) is 11.5 Å². The highest BCUT2D eigenvalue weighted by Crippen LogP contribution is 2.21. The fraction of sp³-hybridized carbons (Fsp3) is 0.250. The van der Waals surface area contributed by atoms with E-state index in [2.05, 4.69) is 5.32 Å². The zero-order valence-electron chi connectivity index (χ0n) is 11.4. The summed E-state index contributed by atoms with van der Waals surface area (Å²) < 4.78 is 19.0. The minimum Gasteiger partial charge on any atom is -0.508 e. The summed E-state index contributed by atoms with van der Waals surface area (Å²) >= 11 is 0. The summed E-state index contributed by atoms with van der Waals surface area (Å²) in [6.45, 7) is 3.69. The van der Waals surface area contributed by atoms with Crippen LogP contribution < -0.4 is 10.1 Å². The minimum absolute atomic E-state index is 0.207. The number of nitrogens with one attached hydrogen (secondary N) is 1. The molecule has 0 aliphatic heterocycles. The van der Waals surface area contributed by atoms with E-state index in [0.29, 0.717) is 18.9 Å². The molecule has 0 fully saturated rings. The molecule has 0 atom stereocenters. The number of hydrogen-bond donors (Lipinski definition) is 2. The molecule has 0 aromatic heterocycles. The number of halogens is 1. The van der Waals surface area contributed by atoms with Gasteiger partial charge in [0.1, 0.15) is 23.9 Å². The van der Waals surface area contributed by atoms with Crippen molar-refractivity contribution in [2.24, 2.45) is 0 Å². The molecule has 2 rings (SSSR count). The van der Waals surface area contributed by atoms with Crippen LogP contribution in [0.4, 0.5) is 4.39 Å². The van der Waals surface area contributed by atoms with Gasteiger partial charge in [-0.25, -0.2) is 4.39 Å². The number of phenols is 1. The minimum atomic E-state index is -0.275. The first kappa shape index (κ1) is 14.3. The number of aromatic hydroxyl groups is 1. The normalized spacial score (nSPS) is 10.5. The third kappa shape index (κ3) is 3.96. The third-order valence-corrected chi connectivity index (χ3v) is 2.89. The summed E-state index contributed by atoms with van der Waals surface area (Å²) in [5.74, 6) is 0.580. The first-order valence-corrected chi connectivity index (χ1v) is 6.59. The van der Waals surface area contributed by atoms with Crippen LogP contribution in [0.25, 0.3) is 0 Å². The van der Waals surface area contributed by atoms with E-state index in [9.17, 15) is 9.50 Å². The Balaban J connectivity index is 2.08. The van der Waals surface area contributed by atoms with Gasteiger partial charge in [0.15, 0.2) is 0 Å². The van der Waals surface area contributed by atoms with Crippen molar-refractivity contribution < 1.29 is 14.2 Å². The van der Waals surface area contributed by atoms with E-state index in [-0.39, 0.29) is 11.6 Å². The fourth-order valence-corrected chi connectivity index (χ4v) is 1.89. The van der Waals surface area contributed by atoms with Crippen molar-refractivity contribution in [3.63, 3.8) is 0 Å². The monoisotopic (exact) mass is 275 g/mol. The highest BCUT2D eigenvalue weighted by molar-refractivity contribution is 5.34. The molecule has 0 saturated heterocycles. The molecule has 20 heavy (non-hydrogen) atoms. The van der Waals surface area contributed by atoms with Crippen molar-refractivity contribution in [1.29, 1.82) is 0 Å². The Morgan fingerprint density at radius 1 is 1.20 bits per heavy atom. The maximum absolute atomic E-state index is 13.3. The standard InChI is InChI=1S/C16H18FNO2/c1-2-18-10-13-9-14(17)6-7-16(13)20-11-12-4-3-5-15(19)8-12/h3-9,18-19H,2,10-11H2,1H3. The van der Waals surface area contributed by atoms with Crippen molar-refractivity contribution in [1.82, 2.24) is 5.32 Å². The molecule has 0 amide bonds. The SMILES string of the molecule is CCNCc1cc(F)ccc1OCc1cccc(O)c1. The summed E-state index contributed by atoms with van der Waals surface area (Å²) in [5, 5.41) is 12.6. The molecule has 0 spiro atoms. The molecular weight excluding hydrogens is 257 g/mol. The van der Waals surface area contributed by atoms with E-state index in [1.54, 1.807) is 24.3 Å². The summed E-state index contributed by atoms with van der Waals surface area (Å²) in [5.41, 5.74) is 1.65. The third-order valence-electron chi connectivity index (χ3n) is 2.89. The highest BCUT2D eigenvalue weighted by Gasteiger charge is 2.06. The van der Waals surface area contributed by atoms with Crippen molar-refractivity contribution in [2.45, 2.75) is 20.1 Å². The molecular formula is C16H18FNO2. The lowest BCUT2D eigenvalue weighted by atomic mass is 10.2. The van der Waals surface area contributed by atoms with E-state index in [1.165, 1.54) is 12.1 Å². The quantitative estimate of drug-likeness (QED) is 0.850. The molecule has 0 aliphatic carbocycles. The second kappa shape index (κ2) is 6.91. The van der Waals surface area contributed by atoms with Crippen LogP contribution in [0.3, 0.4) is 0 Å². The lowest BCUT2D eigenvalue weighted by Crippen LogP contribution is -2.13. The molecule has 3 nitrogen and oxygen atoms in total. The molecule has 4 heteroatoms. The number of benzene rings is 2. The first-order chi connectivity index (χ1) is 9.69. The first-order valence-electron chi connectivity index (χ1n) is 6.59. The van der Waals surface area contributed by atoms with Gasteiger partial charge in [-0.15, -0.1) is 0 Å². The second-order valence-corrected chi connectivity index (χ2v) is 4.49. The molecule has 106 valence electrons. The Labute approximate surface area is 118 Å². The van der Waals surface area contributed by atoms with Gasteiger partial charge in [-0.05, 0) is 42.4 Å². The van der Waals surface area contributed by atoms with Gasteiger partial charge in [-0.3, -0.25) is 0 Å². The molecule has 0 bridgehead atoms. The van der Waals surface area contributed by atoms with Gasteiger partial charge < -0.3 is 15.2 Å². The summed E-state index contributed by atoms with van der Waals surface area (Å²) in [6, 6.07) is 11.4. The summed E-state index contributed by atoms with van der Waals surface area (Å²) in [7, 11) is 0. The molecule has 0 radical (unpaired) electrons. The molecule has 0 unspecified atom stereocenters. The fourth-order valence-electron chi connectivity index (χ4n) is 1.89. The molecule has 0 saturated carbocycles. The van der Waals surface area contributed by atoms with E-state index in [0.717, 1.165) is 17.7 Å². The predicted molar refractivity (Wildman–Crippen MR) is 76.2 cm³/mol. The van der Waals surface area contributed by atoms with Gasteiger partial charge in [0.05, 0.1) is 0 Å². The number of hydrogen-bond acceptors (Lipinski definition) is 3. The average molecular weight is 275 g/mol. The van der Waals surface area contributed by atoms with E-state index < -0.39 is 0 Å².